The van der Waals surface area contributed by atoms with Crippen LogP contribution in [0.15, 0.2) is 4.52 Å². The standard InChI is InChI=1S/C16H24N2O3/c1-2-20-16(10-5-3-4-6-11-16)15-17-14(21-18-15)12-8-7-9-13(12)19/h12H,2-11H2,1H3. The van der Waals surface area contributed by atoms with Gasteiger partial charge < -0.3 is 9.26 Å². The lowest BCUT2D eigenvalue weighted by atomic mass is 9.93. The Kier molecular flexibility index (Phi) is 4.38. The van der Waals surface area contributed by atoms with Crippen molar-refractivity contribution in [2.45, 2.75) is 76.2 Å². The molecule has 0 aromatic carbocycles. The van der Waals surface area contributed by atoms with Crippen molar-refractivity contribution in [2.24, 2.45) is 0 Å². The molecule has 1 atom stereocenters. The second-order valence-corrected chi connectivity index (χ2v) is 6.21. The molecule has 0 aliphatic heterocycles. The van der Waals surface area contributed by atoms with Crippen LogP contribution in [0.3, 0.4) is 0 Å². The summed E-state index contributed by atoms with van der Waals surface area (Å²) in [6.07, 6.45) is 9.02. The van der Waals surface area contributed by atoms with E-state index in [1.165, 1.54) is 12.8 Å². The highest BCUT2D eigenvalue weighted by atomic mass is 16.5. The van der Waals surface area contributed by atoms with Crippen molar-refractivity contribution in [1.82, 2.24) is 10.1 Å². The minimum Gasteiger partial charge on any atom is -0.367 e. The molecule has 21 heavy (non-hydrogen) atoms. The van der Waals surface area contributed by atoms with Crippen LogP contribution in [0.1, 0.15) is 82.3 Å². The summed E-state index contributed by atoms with van der Waals surface area (Å²) in [7, 11) is 0. The van der Waals surface area contributed by atoms with Crippen molar-refractivity contribution in [2.75, 3.05) is 6.61 Å². The van der Waals surface area contributed by atoms with E-state index in [9.17, 15) is 4.79 Å². The summed E-state index contributed by atoms with van der Waals surface area (Å²) in [5.74, 6) is 1.20. The highest BCUT2D eigenvalue weighted by Crippen LogP contribution is 2.39. The molecule has 116 valence electrons. The topological polar surface area (TPSA) is 65.2 Å². The second-order valence-electron chi connectivity index (χ2n) is 6.21. The summed E-state index contributed by atoms with van der Waals surface area (Å²) >= 11 is 0. The maximum atomic E-state index is 11.9. The first-order chi connectivity index (χ1) is 10.2. The third-order valence-corrected chi connectivity index (χ3v) is 4.78. The summed E-state index contributed by atoms with van der Waals surface area (Å²) < 4.78 is 11.5. The van der Waals surface area contributed by atoms with Crippen LogP contribution in [0.5, 0.6) is 0 Å². The molecule has 0 spiro atoms. The predicted octanol–water partition coefficient (Wildman–Crippen LogP) is 3.49. The molecule has 2 aliphatic rings. The van der Waals surface area contributed by atoms with E-state index in [4.69, 9.17) is 9.26 Å². The van der Waals surface area contributed by atoms with E-state index in [1.54, 1.807) is 0 Å². The van der Waals surface area contributed by atoms with E-state index in [-0.39, 0.29) is 11.7 Å². The number of carbonyl (C=O) groups is 1. The van der Waals surface area contributed by atoms with Crippen molar-refractivity contribution in [3.05, 3.63) is 11.7 Å². The zero-order valence-corrected chi connectivity index (χ0v) is 12.8. The van der Waals surface area contributed by atoms with E-state index in [1.807, 2.05) is 6.92 Å². The molecule has 0 bridgehead atoms. The van der Waals surface area contributed by atoms with Crippen LogP contribution in [-0.4, -0.2) is 22.5 Å². The van der Waals surface area contributed by atoms with Gasteiger partial charge in [0.25, 0.3) is 0 Å². The van der Waals surface area contributed by atoms with Gasteiger partial charge in [0.2, 0.25) is 11.7 Å². The molecule has 1 unspecified atom stereocenters. The Morgan fingerprint density at radius 3 is 2.62 bits per heavy atom. The van der Waals surface area contributed by atoms with Crippen LogP contribution in [0, 0.1) is 0 Å². The summed E-state index contributed by atoms with van der Waals surface area (Å²) in [5, 5.41) is 4.19. The van der Waals surface area contributed by atoms with Crippen molar-refractivity contribution < 1.29 is 14.1 Å². The molecule has 0 amide bonds. The van der Waals surface area contributed by atoms with E-state index in [0.717, 1.165) is 38.5 Å². The molecule has 0 radical (unpaired) electrons. The quantitative estimate of drug-likeness (QED) is 0.795. The largest absolute Gasteiger partial charge is 0.367 e. The molecule has 2 saturated carbocycles. The molecular weight excluding hydrogens is 268 g/mol. The average molecular weight is 292 g/mol. The number of hydrogen-bond donors (Lipinski definition) is 0. The first-order valence-corrected chi connectivity index (χ1v) is 8.26. The average Bonchev–Trinajstić information content (AvgIpc) is 3.05. The Morgan fingerprint density at radius 2 is 2.00 bits per heavy atom. The second kappa shape index (κ2) is 6.26. The van der Waals surface area contributed by atoms with Gasteiger partial charge in [-0.15, -0.1) is 0 Å². The van der Waals surface area contributed by atoms with Gasteiger partial charge in [0.1, 0.15) is 11.4 Å². The van der Waals surface area contributed by atoms with Crippen LogP contribution < -0.4 is 0 Å². The Bertz CT molecular complexity index is 489. The first-order valence-electron chi connectivity index (χ1n) is 8.26. The van der Waals surface area contributed by atoms with Crippen molar-refractivity contribution in [1.29, 1.82) is 0 Å². The van der Waals surface area contributed by atoms with Gasteiger partial charge >= 0.3 is 0 Å². The number of hydrogen-bond acceptors (Lipinski definition) is 5. The van der Waals surface area contributed by atoms with Crippen LogP contribution in [0.25, 0.3) is 0 Å². The van der Waals surface area contributed by atoms with E-state index in [2.05, 4.69) is 10.1 Å². The van der Waals surface area contributed by atoms with Gasteiger partial charge in [0, 0.05) is 13.0 Å². The highest BCUT2D eigenvalue weighted by Gasteiger charge is 2.40. The maximum Gasteiger partial charge on any atom is 0.237 e. The van der Waals surface area contributed by atoms with Crippen LogP contribution in [0.4, 0.5) is 0 Å². The van der Waals surface area contributed by atoms with Crippen LogP contribution in [0.2, 0.25) is 0 Å². The summed E-state index contributed by atoms with van der Waals surface area (Å²) in [5.41, 5.74) is -0.408. The number of aromatic nitrogens is 2. The van der Waals surface area contributed by atoms with E-state index < -0.39 is 5.60 Å². The van der Waals surface area contributed by atoms with Gasteiger partial charge in [-0.05, 0) is 32.6 Å². The van der Waals surface area contributed by atoms with Crippen LogP contribution in [-0.2, 0) is 15.1 Å². The molecule has 3 rings (SSSR count). The van der Waals surface area contributed by atoms with Crippen molar-refractivity contribution in [3.63, 3.8) is 0 Å². The third kappa shape index (κ3) is 2.89. The predicted molar refractivity (Wildman–Crippen MR) is 76.9 cm³/mol. The lowest BCUT2D eigenvalue weighted by Gasteiger charge is -2.29. The van der Waals surface area contributed by atoms with Gasteiger partial charge in [0.05, 0.1) is 5.92 Å². The fourth-order valence-corrected chi connectivity index (χ4v) is 3.65. The minimum absolute atomic E-state index is 0.185. The molecule has 0 N–H and O–H groups in total. The fourth-order valence-electron chi connectivity index (χ4n) is 3.65. The molecule has 5 heteroatoms. The molecule has 2 aliphatic carbocycles. The SMILES string of the molecule is CCOC1(c2noc(C3CCCC3=O)n2)CCCCCC1. The Morgan fingerprint density at radius 1 is 1.24 bits per heavy atom. The number of rotatable bonds is 4. The molecular formula is C16H24N2O3. The van der Waals surface area contributed by atoms with Crippen LogP contribution >= 0.6 is 0 Å². The highest BCUT2D eigenvalue weighted by molar-refractivity contribution is 5.86. The summed E-state index contributed by atoms with van der Waals surface area (Å²) in [6.45, 7) is 2.65. The van der Waals surface area contributed by atoms with Gasteiger partial charge in [-0.25, -0.2) is 0 Å². The molecule has 2 fully saturated rings. The van der Waals surface area contributed by atoms with Gasteiger partial charge in [0.15, 0.2) is 0 Å². The molecule has 1 aromatic heterocycles. The van der Waals surface area contributed by atoms with Gasteiger partial charge in [-0.3, -0.25) is 4.79 Å². The number of ketones is 1. The fraction of sp³-hybridized carbons (Fsp3) is 0.812. The number of ether oxygens (including phenoxy) is 1. The zero-order chi connectivity index (χ0) is 14.7. The summed E-state index contributed by atoms with van der Waals surface area (Å²) in [4.78, 5) is 16.4. The number of carbonyl (C=O) groups excluding carboxylic acids is 1. The van der Waals surface area contributed by atoms with Crippen molar-refractivity contribution in [3.8, 4) is 0 Å². The molecule has 0 saturated heterocycles. The smallest absolute Gasteiger partial charge is 0.237 e. The van der Waals surface area contributed by atoms with E-state index in [0.29, 0.717) is 24.7 Å². The molecule has 5 nitrogen and oxygen atoms in total. The maximum absolute atomic E-state index is 11.9. The van der Waals surface area contributed by atoms with Crippen molar-refractivity contribution >= 4 is 5.78 Å². The monoisotopic (exact) mass is 292 g/mol. The lowest BCUT2D eigenvalue weighted by Crippen LogP contribution is -2.31. The third-order valence-electron chi connectivity index (χ3n) is 4.78. The minimum atomic E-state index is -0.408. The van der Waals surface area contributed by atoms with Gasteiger partial charge in [-0.1, -0.05) is 30.8 Å². The first kappa shape index (κ1) is 14.7. The Hall–Kier alpha value is -1.23. The molecule has 1 aromatic rings. The van der Waals surface area contributed by atoms with Gasteiger partial charge in [-0.2, -0.15) is 4.98 Å². The Balaban J connectivity index is 1.86. The normalized spacial score (nSPS) is 26.0. The zero-order valence-electron chi connectivity index (χ0n) is 12.8. The van der Waals surface area contributed by atoms with E-state index >= 15 is 0 Å². The number of nitrogens with zero attached hydrogens (tertiary/aromatic N) is 2. The lowest BCUT2D eigenvalue weighted by molar-refractivity contribution is -0.119. The Labute approximate surface area is 125 Å². The molecule has 1 heterocycles. The summed E-state index contributed by atoms with van der Waals surface area (Å²) in [6, 6.07) is 0. The number of Topliss-reactive ketones (excluding diaryl/α,β-unsaturated/α-hetero) is 1.